The molecule has 6 nitrogen and oxygen atoms in total. The Bertz CT molecular complexity index is 883. The first-order chi connectivity index (χ1) is 13.9. The highest BCUT2D eigenvalue weighted by Crippen LogP contribution is 2.33. The molecule has 1 unspecified atom stereocenters. The van der Waals surface area contributed by atoms with Crippen LogP contribution in [0.15, 0.2) is 41.5 Å². The fraction of sp³-hybridized carbons (Fsp3) is 0.368. The van der Waals surface area contributed by atoms with Crippen molar-refractivity contribution in [2.75, 3.05) is 26.8 Å². The molecular formula is C19H21ClF3IN4O2. The van der Waals surface area contributed by atoms with Gasteiger partial charge in [0.05, 0.1) is 24.8 Å². The van der Waals surface area contributed by atoms with Crippen molar-refractivity contribution in [2.45, 2.75) is 18.6 Å². The third kappa shape index (κ3) is 6.27. The maximum atomic E-state index is 12.6. The van der Waals surface area contributed by atoms with Crippen LogP contribution in [0.5, 0.6) is 11.6 Å². The lowest BCUT2D eigenvalue weighted by atomic mass is 10.0. The number of rotatable bonds is 5. The quantitative estimate of drug-likeness (QED) is 0.247. The van der Waals surface area contributed by atoms with Gasteiger partial charge >= 0.3 is 6.18 Å². The number of nitrogens with zero attached hydrogens (tertiary/aromatic N) is 2. The Morgan fingerprint density at radius 2 is 2.13 bits per heavy atom. The van der Waals surface area contributed by atoms with Crippen molar-refractivity contribution in [3.63, 3.8) is 0 Å². The van der Waals surface area contributed by atoms with Gasteiger partial charge in [-0.1, -0.05) is 29.8 Å². The lowest BCUT2D eigenvalue weighted by Gasteiger charge is -2.28. The summed E-state index contributed by atoms with van der Waals surface area (Å²) in [5.41, 5.74) is 0.132. The highest BCUT2D eigenvalue weighted by molar-refractivity contribution is 14.0. The van der Waals surface area contributed by atoms with Gasteiger partial charge in [0, 0.05) is 25.2 Å². The molecule has 3 rings (SSSR count). The molecule has 1 aromatic carbocycles. The van der Waals surface area contributed by atoms with E-state index >= 15 is 0 Å². The molecule has 2 heterocycles. The lowest BCUT2D eigenvalue weighted by Crippen LogP contribution is -2.42. The molecule has 11 heteroatoms. The number of pyridine rings is 1. The lowest BCUT2D eigenvalue weighted by molar-refractivity contribution is -0.137. The summed E-state index contributed by atoms with van der Waals surface area (Å²) in [7, 11) is 1.65. The highest BCUT2D eigenvalue weighted by Gasteiger charge is 2.31. The Hall–Kier alpha value is -1.95. The van der Waals surface area contributed by atoms with Gasteiger partial charge in [0.15, 0.2) is 5.96 Å². The van der Waals surface area contributed by atoms with Crippen LogP contribution >= 0.6 is 35.6 Å². The van der Waals surface area contributed by atoms with E-state index in [1.165, 1.54) is 0 Å². The largest absolute Gasteiger partial charge is 0.493 e. The van der Waals surface area contributed by atoms with Crippen LogP contribution in [0.25, 0.3) is 0 Å². The second kappa shape index (κ2) is 10.9. The molecule has 0 aliphatic carbocycles. The van der Waals surface area contributed by atoms with E-state index in [1.807, 2.05) is 24.3 Å². The summed E-state index contributed by atoms with van der Waals surface area (Å²) in [4.78, 5) is 7.83. The zero-order chi connectivity index (χ0) is 20.9. The molecule has 30 heavy (non-hydrogen) atoms. The van der Waals surface area contributed by atoms with Gasteiger partial charge in [-0.2, -0.15) is 13.2 Å². The maximum absolute atomic E-state index is 12.6. The van der Waals surface area contributed by atoms with E-state index in [4.69, 9.17) is 21.1 Å². The second-order valence-electron chi connectivity index (χ2n) is 6.23. The molecule has 0 bridgehead atoms. The van der Waals surface area contributed by atoms with Crippen LogP contribution in [-0.4, -0.2) is 37.7 Å². The topological polar surface area (TPSA) is 67.8 Å². The van der Waals surface area contributed by atoms with E-state index in [2.05, 4.69) is 20.6 Å². The summed E-state index contributed by atoms with van der Waals surface area (Å²) < 4.78 is 48.9. The second-order valence-corrected chi connectivity index (χ2v) is 6.64. The molecular weight excluding hydrogens is 536 g/mol. The molecule has 0 saturated heterocycles. The van der Waals surface area contributed by atoms with Gasteiger partial charge in [-0.15, -0.1) is 24.0 Å². The predicted octanol–water partition coefficient (Wildman–Crippen LogP) is 4.44. The van der Waals surface area contributed by atoms with Crippen molar-refractivity contribution < 1.29 is 22.6 Å². The molecule has 0 spiro atoms. The predicted molar refractivity (Wildman–Crippen MR) is 119 cm³/mol. The van der Waals surface area contributed by atoms with Crippen molar-refractivity contribution in [1.82, 2.24) is 15.6 Å². The fourth-order valence-corrected chi connectivity index (χ4v) is 3.08. The smallest absolute Gasteiger partial charge is 0.417 e. The fourth-order valence-electron chi connectivity index (χ4n) is 2.86. The van der Waals surface area contributed by atoms with Crippen LogP contribution in [0.3, 0.4) is 0 Å². The van der Waals surface area contributed by atoms with Crippen LogP contribution < -0.4 is 20.1 Å². The van der Waals surface area contributed by atoms with E-state index in [0.717, 1.165) is 23.8 Å². The van der Waals surface area contributed by atoms with Gasteiger partial charge < -0.3 is 20.1 Å². The average Bonchev–Trinajstić information content (AvgIpc) is 2.70. The number of para-hydroxylation sites is 1. The number of aliphatic imine (C=N–C) groups is 1. The third-order valence-corrected chi connectivity index (χ3v) is 4.53. The minimum Gasteiger partial charge on any atom is -0.493 e. The Labute approximate surface area is 194 Å². The first kappa shape index (κ1) is 24.3. The van der Waals surface area contributed by atoms with E-state index in [1.54, 1.807) is 7.05 Å². The van der Waals surface area contributed by atoms with E-state index in [0.29, 0.717) is 25.3 Å². The van der Waals surface area contributed by atoms with E-state index in [9.17, 15) is 13.2 Å². The molecule has 1 aromatic heterocycles. The number of benzene rings is 1. The van der Waals surface area contributed by atoms with Crippen molar-refractivity contribution >= 4 is 41.5 Å². The van der Waals surface area contributed by atoms with Crippen LogP contribution in [0.1, 0.15) is 23.6 Å². The number of alkyl halides is 3. The minimum absolute atomic E-state index is 0. The molecule has 0 fully saturated rings. The molecule has 1 aliphatic heterocycles. The van der Waals surface area contributed by atoms with Gasteiger partial charge in [-0.3, -0.25) is 4.99 Å². The summed E-state index contributed by atoms with van der Waals surface area (Å²) in [5.74, 6) is 1.36. The monoisotopic (exact) mass is 556 g/mol. The molecule has 2 N–H and O–H groups in total. The van der Waals surface area contributed by atoms with Gasteiger partial charge in [-0.25, -0.2) is 4.98 Å². The molecule has 1 aliphatic rings. The number of aromatic nitrogens is 1. The van der Waals surface area contributed by atoms with Crippen LogP contribution in [0.2, 0.25) is 5.02 Å². The average molecular weight is 557 g/mol. The molecule has 0 radical (unpaired) electrons. The normalized spacial score (nSPS) is 16.0. The molecule has 1 atom stereocenters. The minimum atomic E-state index is -4.50. The van der Waals surface area contributed by atoms with E-state index in [-0.39, 0.29) is 47.5 Å². The van der Waals surface area contributed by atoms with Gasteiger partial charge in [-0.05, 0) is 12.1 Å². The summed E-state index contributed by atoms with van der Waals surface area (Å²) in [6.45, 7) is 1.10. The van der Waals surface area contributed by atoms with Crippen molar-refractivity contribution in [3.8, 4) is 11.6 Å². The Morgan fingerprint density at radius 1 is 1.37 bits per heavy atom. The standard InChI is InChI=1S/C19H20ClF3N4O2.HI/c1-24-18(27-15-6-8-28-16-5-3-2-4-13(15)16)25-7-9-29-17-14(20)10-12(11-26-17)19(21,22)23;/h2-5,10-11,15H,6-9H2,1H3,(H2,24,25,27);1H. The molecule has 0 saturated carbocycles. The van der Waals surface area contributed by atoms with E-state index < -0.39 is 11.7 Å². The number of fused-ring (bicyclic) bond motifs is 1. The zero-order valence-corrected chi connectivity index (χ0v) is 19.1. The summed E-state index contributed by atoms with van der Waals surface area (Å²) in [6, 6.07) is 8.65. The Balaban J connectivity index is 0.00000320. The van der Waals surface area contributed by atoms with Crippen LogP contribution in [-0.2, 0) is 6.18 Å². The first-order valence-corrected chi connectivity index (χ1v) is 9.30. The SMILES string of the molecule is CN=C(NCCOc1ncc(C(F)(F)F)cc1Cl)NC1CCOc2ccccc21.I. The van der Waals surface area contributed by atoms with Crippen molar-refractivity contribution in [1.29, 1.82) is 0 Å². The van der Waals surface area contributed by atoms with Gasteiger partial charge in [0.25, 0.3) is 0 Å². The number of hydrogen-bond acceptors (Lipinski definition) is 4. The summed E-state index contributed by atoms with van der Waals surface area (Å²) in [6.07, 6.45) is -3.02. The van der Waals surface area contributed by atoms with Crippen LogP contribution in [0.4, 0.5) is 13.2 Å². The Kier molecular flexibility index (Phi) is 8.83. The van der Waals surface area contributed by atoms with Gasteiger partial charge in [0.2, 0.25) is 5.88 Å². The number of ether oxygens (including phenoxy) is 2. The molecule has 2 aromatic rings. The third-order valence-electron chi connectivity index (χ3n) is 4.26. The number of guanidine groups is 1. The maximum Gasteiger partial charge on any atom is 0.417 e. The first-order valence-electron chi connectivity index (χ1n) is 8.93. The number of halogens is 5. The van der Waals surface area contributed by atoms with Crippen molar-refractivity contribution in [2.24, 2.45) is 4.99 Å². The zero-order valence-electron chi connectivity index (χ0n) is 16.0. The van der Waals surface area contributed by atoms with Gasteiger partial charge in [0.1, 0.15) is 17.4 Å². The summed E-state index contributed by atoms with van der Waals surface area (Å²) in [5, 5.41) is 6.23. The van der Waals surface area contributed by atoms with Crippen molar-refractivity contribution in [3.05, 3.63) is 52.7 Å². The number of nitrogens with one attached hydrogen (secondary N) is 2. The van der Waals surface area contributed by atoms with Crippen LogP contribution in [0, 0.1) is 0 Å². The highest BCUT2D eigenvalue weighted by atomic mass is 127. The number of hydrogen-bond donors (Lipinski definition) is 2. The molecule has 164 valence electrons. The molecule has 0 amide bonds. The Morgan fingerprint density at radius 3 is 2.83 bits per heavy atom. The summed E-state index contributed by atoms with van der Waals surface area (Å²) >= 11 is 5.83.